The molecular formula is C14H21N6O4P. The van der Waals surface area contributed by atoms with Crippen molar-refractivity contribution in [1.29, 1.82) is 0 Å². The van der Waals surface area contributed by atoms with Gasteiger partial charge in [-0.15, -0.1) is 0 Å². The molecule has 0 radical (unpaired) electrons. The molecule has 2 aromatic rings. The second-order valence-corrected chi connectivity index (χ2v) is 8.39. The van der Waals surface area contributed by atoms with Gasteiger partial charge in [-0.05, 0) is 13.8 Å². The van der Waals surface area contributed by atoms with Crippen LogP contribution in [0.5, 0.6) is 0 Å². The van der Waals surface area contributed by atoms with Crippen molar-refractivity contribution in [3.8, 4) is 0 Å². The van der Waals surface area contributed by atoms with Gasteiger partial charge in [-0.3, -0.25) is 9.05 Å². The molecule has 0 aliphatic carbocycles. The highest BCUT2D eigenvalue weighted by molar-refractivity contribution is 7.51. The average Bonchev–Trinajstić information content (AvgIpc) is 3.09. The number of hydrogen-bond donors (Lipinski definition) is 2. The average molecular weight is 368 g/mol. The monoisotopic (exact) mass is 368 g/mol. The Labute approximate surface area is 144 Å². The SMILES string of the molecule is CC(C)NP1(=O)OCC2OC(c3cnc4c(N)ncnn34)C(C)C2O1. The highest BCUT2D eigenvalue weighted by Gasteiger charge is 2.51. The van der Waals surface area contributed by atoms with Crippen LogP contribution >= 0.6 is 7.75 Å². The number of nitrogens with one attached hydrogen (secondary N) is 1. The minimum atomic E-state index is -3.33. The summed E-state index contributed by atoms with van der Waals surface area (Å²) in [5, 5.41) is 7.09. The van der Waals surface area contributed by atoms with Crippen LogP contribution in [0.15, 0.2) is 12.5 Å². The fraction of sp³-hybridized carbons (Fsp3) is 0.643. The first-order chi connectivity index (χ1) is 11.9. The van der Waals surface area contributed by atoms with E-state index in [0.717, 1.165) is 5.69 Å². The Morgan fingerprint density at radius 1 is 1.44 bits per heavy atom. The molecule has 136 valence electrons. The minimum absolute atomic E-state index is 0.0192. The highest BCUT2D eigenvalue weighted by Crippen LogP contribution is 2.55. The molecule has 4 heterocycles. The van der Waals surface area contributed by atoms with Crippen molar-refractivity contribution in [3.05, 3.63) is 18.2 Å². The van der Waals surface area contributed by atoms with Crippen molar-refractivity contribution < 1.29 is 18.3 Å². The summed E-state index contributed by atoms with van der Waals surface area (Å²) < 4.78 is 31.7. The molecule has 0 aromatic carbocycles. The molecule has 5 atom stereocenters. The van der Waals surface area contributed by atoms with E-state index in [-0.39, 0.29) is 36.9 Å². The molecule has 11 heteroatoms. The van der Waals surface area contributed by atoms with Crippen LogP contribution in [0.2, 0.25) is 0 Å². The van der Waals surface area contributed by atoms with Crippen LogP contribution in [0.25, 0.3) is 5.65 Å². The molecule has 0 bridgehead atoms. The maximum Gasteiger partial charge on any atom is 0.406 e. The van der Waals surface area contributed by atoms with Crippen LogP contribution in [0.3, 0.4) is 0 Å². The number of rotatable bonds is 3. The van der Waals surface area contributed by atoms with Crippen molar-refractivity contribution in [3.63, 3.8) is 0 Å². The zero-order chi connectivity index (χ0) is 17.8. The second kappa shape index (κ2) is 6.00. The fourth-order valence-corrected chi connectivity index (χ4v) is 5.15. The molecule has 2 aliphatic heterocycles. The molecule has 2 fully saturated rings. The third kappa shape index (κ3) is 2.84. The Hall–Kier alpha value is -1.58. The second-order valence-electron chi connectivity index (χ2n) is 6.67. The summed E-state index contributed by atoms with van der Waals surface area (Å²) in [6, 6.07) is -0.0192. The van der Waals surface area contributed by atoms with Crippen molar-refractivity contribution in [2.45, 2.75) is 45.1 Å². The number of nitrogens with two attached hydrogens (primary N) is 1. The minimum Gasteiger partial charge on any atom is -0.381 e. The van der Waals surface area contributed by atoms with Crippen molar-refractivity contribution >= 4 is 19.2 Å². The Kier molecular flexibility index (Phi) is 4.04. The van der Waals surface area contributed by atoms with Gasteiger partial charge in [-0.25, -0.2) is 24.1 Å². The van der Waals surface area contributed by atoms with Crippen LogP contribution < -0.4 is 10.8 Å². The molecule has 10 nitrogen and oxygen atoms in total. The summed E-state index contributed by atoms with van der Waals surface area (Å²) in [6.45, 7) is 5.97. The summed E-state index contributed by atoms with van der Waals surface area (Å²) in [6.07, 6.45) is 2.07. The quantitative estimate of drug-likeness (QED) is 0.771. The number of anilines is 1. The molecular weight excluding hydrogens is 347 g/mol. The van der Waals surface area contributed by atoms with Crippen LogP contribution in [-0.2, 0) is 18.3 Å². The first kappa shape index (κ1) is 16.9. The molecule has 3 N–H and O–H groups in total. The summed E-state index contributed by atoms with van der Waals surface area (Å²) in [5.74, 6) is 0.238. The Morgan fingerprint density at radius 2 is 2.24 bits per heavy atom. The molecule has 4 rings (SSSR count). The zero-order valence-corrected chi connectivity index (χ0v) is 15.1. The lowest BCUT2D eigenvalue weighted by Crippen LogP contribution is -2.39. The first-order valence-electron chi connectivity index (χ1n) is 8.18. The van der Waals surface area contributed by atoms with Gasteiger partial charge in [0.25, 0.3) is 0 Å². The molecule has 5 unspecified atom stereocenters. The van der Waals surface area contributed by atoms with Gasteiger partial charge in [0.15, 0.2) is 11.5 Å². The van der Waals surface area contributed by atoms with Crippen molar-refractivity contribution in [2.75, 3.05) is 12.3 Å². The lowest BCUT2D eigenvalue weighted by atomic mass is 9.97. The summed E-state index contributed by atoms with van der Waals surface area (Å²) in [5.41, 5.74) is 7.07. The predicted molar refractivity (Wildman–Crippen MR) is 88.7 cm³/mol. The Balaban J connectivity index is 1.62. The van der Waals surface area contributed by atoms with E-state index in [0.29, 0.717) is 11.5 Å². The van der Waals surface area contributed by atoms with Gasteiger partial charge >= 0.3 is 7.75 Å². The maximum absolute atomic E-state index is 12.7. The van der Waals surface area contributed by atoms with E-state index in [1.165, 1.54) is 6.33 Å². The molecule has 0 amide bonds. The number of fused-ring (bicyclic) bond motifs is 2. The number of aromatic nitrogens is 4. The number of nitrogen functional groups attached to an aromatic ring is 1. The van der Waals surface area contributed by atoms with E-state index in [4.69, 9.17) is 19.5 Å². The zero-order valence-electron chi connectivity index (χ0n) is 14.2. The van der Waals surface area contributed by atoms with Crippen LogP contribution in [-0.4, -0.2) is 44.4 Å². The standard InChI is InChI=1S/C14H21N6O4P/c1-7(2)19-25(21)22-5-10-12(24-25)8(3)11(23-10)9-4-16-14-13(15)17-6-18-20(9)14/h4,6-8,10-12H,5H2,1-3H3,(H,19,21)(H2,15,17,18). The van der Waals surface area contributed by atoms with E-state index >= 15 is 0 Å². The number of ether oxygens (including phenoxy) is 1. The third-order valence-electron chi connectivity index (χ3n) is 4.42. The number of imidazole rings is 1. The Bertz CT molecular complexity index is 842. The van der Waals surface area contributed by atoms with E-state index < -0.39 is 7.75 Å². The predicted octanol–water partition coefficient (Wildman–Crippen LogP) is 1.30. The van der Waals surface area contributed by atoms with Gasteiger partial charge in [-0.1, -0.05) is 6.92 Å². The van der Waals surface area contributed by atoms with Crippen LogP contribution in [0.4, 0.5) is 5.82 Å². The van der Waals surface area contributed by atoms with E-state index in [1.54, 1.807) is 10.7 Å². The maximum atomic E-state index is 12.7. The normalized spacial score (nSPS) is 35.4. The van der Waals surface area contributed by atoms with E-state index in [9.17, 15) is 4.57 Å². The lowest BCUT2D eigenvalue weighted by molar-refractivity contribution is -0.0438. The van der Waals surface area contributed by atoms with Gasteiger partial charge < -0.3 is 10.5 Å². The summed E-state index contributed by atoms with van der Waals surface area (Å²) >= 11 is 0. The van der Waals surface area contributed by atoms with Crippen LogP contribution in [0, 0.1) is 5.92 Å². The van der Waals surface area contributed by atoms with E-state index in [2.05, 4.69) is 20.2 Å². The molecule has 2 aromatic heterocycles. The van der Waals surface area contributed by atoms with Gasteiger partial charge in [-0.2, -0.15) is 5.10 Å². The van der Waals surface area contributed by atoms with Crippen molar-refractivity contribution in [2.24, 2.45) is 5.92 Å². The summed E-state index contributed by atoms with van der Waals surface area (Å²) in [7, 11) is -3.33. The lowest BCUT2D eigenvalue weighted by Gasteiger charge is -2.33. The molecule has 2 saturated heterocycles. The van der Waals surface area contributed by atoms with Gasteiger partial charge in [0.2, 0.25) is 0 Å². The number of hydrogen-bond acceptors (Lipinski definition) is 8. The van der Waals surface area contributed by atoms with E-state index in [1.807, 2.05) is 20.8 Å². The molecule has 2 aliphatic rings. The fourth-order valence-electron chi connectivity index (χ4n) is 3.33. The molecule has 25 heavy (non-hydrogen) atoms. The third-order valence-corrected chi connectivity index (χ3v) is 6.26. The van der Waals surface area contributed by atoms with Gasteiger partial charge in [0, 0.05) is 12.0 Å². The topological polar surface area (TPSA) is 126 Å². The largest absolute Gasteiger partial charge is 0.406 e. The molecule has 0 spiro atoms. The molecule has 0 saturated carbocycles. The smallest absolute Gasteiger partial charge is 0.381 e. The van der Waals surface area contributed by atoms with Crippen molar-refractivity contribution in [1.82, 2.24) is 24.7 Å². The van der Waals surface area contributed by atoms with Gasteiger partial charge in [0.1, 0.15) is 24.6 Å². The van der Waals surface area contributed by atoms with Crippen LogP contribution in [0.1, 0.15) is 32.6 Å². The number of nitrogens with zero attached hydrogens (tertiary/aromatic N) is 4. The van der Waals surface area contributed by atoms with Gasteiger partial charge in [0.05, 0.1) is 18.5 Å². The Morgan fingerprint density at radius 3 is 3.00 bits per heavy atom. The first-order valence-corrected chi connectivity index (χ1v) is 9.72. The highest BCUT2D eigenvalue weighted by atomic mass is 31.2. The summed E-state index contributed by atoms with van der Waals surface area (Å²) in [4.78, 5) is 8.21.